The summed E-state index contributed by atoms with van der Waals surface area (Å²) in [5, 5.41) is 11.4. The van der Waals surface area contributed by atoms with Crippen LogP contribution in [0.2, 0.25) is 0 Å². The van der Waals surface area contributed by atoms with E-state index in [1.54, 1.807) is 31.2 Å². The molecule has 96 valence electrons. The molecule has 0 heterocycles. The van der Waals surface area contributed by atoms with Crippen molar-refractivity contribution in [3.8, 4) is 0 Å². The maximum absolute atomic E-state index is 11.7. The molecule has 0 bridgehead atoms. The monoisotopic (exact) mass is 247 g/mol. The number of anilines is 1. The summed E-state index contributed by atoms with van der Waals surface area (Å²) in [6.45, 7) is 3.71. The van der Waals surface area contributed by atoms with E-state index in [1.165, 1.54) is 0 Å². The molecule has 18 heavy (non-hydrogen) atoms. The Balaban J connectivity index is 2.76. The Bertz CT molecular complexity index is 478. The summed E-state index contributed by atoms with van der Waals surface area (Å²) in [5.41, 5.74) is 1.93. The molecule has 0 aliphatic rings. The van der Waals surface area contributed by atoms with Crippen LogP contribution in [0.3, 0.4) is 0 Å². The molecule has 0 unspecified atom stereocenters. The smallest absolute Gasteiger partial charge is 0.307 e. The number of carboxylic acids is 1. The zero-order valence-corrected chi connectivity index (χ0v) is 10.6. The highest BCUT2D eigenvalue weighted by Crippen LogP contribution is 2.12. The molecule has 1 amide bonds. The Morgan fingerprint density at radius 1 is 1.39 bits per heavy atom. The van der Waals surface area contributed by atoms with Gasteiger partial charge in [-0.25, -0.2) is 0 Å². The Hall–Kier alpha value is -2.10. The van der Waals surface area contributed by atoms with Crippen LogP contribution in [0, 0.1) is 0 Å². The average molecular weight is 247 g/mol. The van der Waals surface area contributed by atoms with Crippen LogP contribution in [0.25, 0.3) is 0 Å². The molecule has 0 saturated carbocycles. The minimum atomic E-state index is -0.888. The third-order valence-corrected chi connectivity index (χ3v) is 2.41. The maximum atomic E-state index is 11.7. The number of hydrogen-bond acceptors (Lipinski definition) is 2. The lowest BCUT2D eigenvalue weighted by Crippen LogP contribution is -2.13. The van der Waals surface area contributed by atoms with Crippen molar-refractivity contribution in [1.29, 1.82) is 0 Å². The zero-order valence-electron chi connectivity index (χ0n) is 10.6. The van der Waals surface area contributed by atoms with Crippen LogP contribution in [-0.2, 0) is 16.0 Å². The van der Waals surface area contributed by atoms with Gasteiger partial charge in [-0.15, -0.1) is 0 Å². The molecule has 0 spiro atoms. The molecule has 0 aliphatic heterocycles. The second-order valence-electron chi connectivity index (χ2n) is 4.02. The third kappa shape index (κ3) is 4.41. The van der Waals surface area contributed by atoms with Crippen molar-refractivity contribution in [3.05, 3.63) is 41.5 Å². The molecule has 0 aromatic heterocycles. The first-order valence-corrected chi connectivity index (χ1v) is 5.81. The summed E-state index contributed by atoms with van der Waals surface area (Å²) >= 11 is 0. The van der Waals surface area contributed by atoms with Crippen LogP contribution in [0.4, 0.5) is 5.69 Å². The highest BCUT2D eigenvalue weighted by atomic mass is 16.4. The number of amides is 1. The largest absolute Gasteiger partial charge is 0.481 e. The SMILES string of the molecule is CCC=C(C)C(=O)Nc1cccc(CC(=O)O)c1. The summed E-state index contributed by atoms with van der Waals surface area (Å²) in [6, 6.07) is 6.86. The van der Waals surface area contributed by atoms with Gasteiger partial charge < -0.3 is 10.4 Å². The maximum Gasteiger partial charge on any atom is 0.307 e. The summed E-state index contributed by atoms with van der Waals surface area (Å²) < 4.78 is 0. The van der Waals surface area contributed by atoms with Gasteiger partial charge in [0.1, 0.15) is 0 Å². The summed E-state index contributed by atoms with van der Waals surface area (Å²) in [6.07, 6.45) is 2.60. The molecule has 1 rings (SSSR count). The van der Waals surface area contributed by atoms with Gasteiger partial charge in [0, 0.05) is 11.3 Å². The lowest BCUT2D eigenvalue weighted by atomic mass is 10.1. The van der Waals surface area contributed by atoms with Crippen molar-refractivity contribution in [2.45, 2.75) is 26.7 Å². The summed E-state index contributed by atoms with van der Waals surface area (Å²) in [4.78, 5) is 22.3. The average Bonchev–Trinajstić information content (AvgIpc) is 2.28. The fraction of sp³-hybridized carbons (Fsp3) is 0.286. The second kappa shape index (κ2) is 6.59. The Kier molecular flexibility index (Phi) is 5.11. The van der Waals surface area contributed by atoms with E-state index in [2.05, 4.69) is 5.32 Å². The van der Waals surface area contributed by atoms with Crippen molar-refractivity contribution in [2.24, 2.45) is 0 Å². The Morgan fingerprint density at radius 2 is 2.11 bits per heavy atom. The fourth-order valence-corrected chi connectivity index (χ4v) is 1.56. The fourth-order valence-electron chi connectivity index (χ4n) is 1.56. The number of benzene rings is 1. The van der Waals surface area contributed by atoms with Crippen molar-refractivity contribution < 1.29 is 14.7 Å². The van der Waals surface area contributed by atoms with Gasteiger partial charge in [0.15, 0.2) is 0 Å². The number of carboxylic acid groups (broad SMARTS) is 1. The highest BCUT2D eigenvalue weighted by molar-refractivity contribution is 6.03. The van der Waals surface area contributed by atoms with Gasteiger partial charge in [-0.2, -0.15) is 0 Å². The standard InChI is InChI=1S/C14H17NO3/c1-3-5-10(2)14(18)15-12-7-4-6-11(8-12)9-13(16)17/h4-8H,3,9H2,1-2H3,(H,15,18)(H,16,17). The number of carbonyl (C=O) groups excluding carboxylic acids is 1. The first kappa shape index (κ1) is 14.0. The van der Waals surface area contributed by atoms with Crippen LogP contribution in [0.15, 0.2) is 35.9 Å². The number of allylic oxidation sites excluding steroid dienone is 1. The van der Waals surface area contributed by atoms with E-state index < -0.39 is 5.97 Å². The predicted octanol–water partition coefficient (Wildman–Crippen LogP) is 2.61. The van der Waals surface area contributed by atoms with E-state index >= 15 is 0 Å². The number of hydrogen-bond donors (Lipinski definition) is 2. The van der Waals surface area contributed by atoms with Crippen molar-refractivity contribution in [3.63, 3.8) is 0 Å². The van der Waals surface area contributed by atoms with Gasteiger partial charge in [0.2, 0.25) is 0 Å². The molecule has 0 atom stereocenters. The van der Waals surface area contributed by atoms with Gasteiger partial charge in [0.25, 0.3) is 5.91 Å². The topological polar surface area (TPSA) is 66.4 Å². The van der Waals surface area contributed by atoms with Crippen LogP contribution in [-0.4, -0.2) is 17.0 Å². The first-order chi connectivity index (χ1) is 8.52. The number of carbonyl (C=O) groups is 2. The zero-order chi connectivity index (χ0) is 13.5. The van der Waals surface area contributed by atoms with Gasteiger partial charge in [-0.3, -0.25) is 9.59 Å². The van der Waals surface area contributed by atoms with E-state index in [0.717, 1.165) is 6.42 Å². The van der Waals surface area contributed by atoms with Crippen LogP contribution in [0.1, 0.15) is 25.8 Å². The predicted molar refractivity (Wildman–Crippen MR) is 70.5 cm³/mol. The Labute approximate surface area is 106 Å². The number of rotatable bonds is 5. The third-order valence-electron chi connectivity index (χ3n) is 2.41. The molecule has 0 aliphatic carbocycles. The van der Waals surface area contributed by atoms with Crippen LogP contribution in [0.5, 0.6) is 0 Å². The van der Waals surface area contributed by atoms with Crippen molar-refractivity contribution in [1.82, 2.24) is 0 Å². The normalized spacial score (nSPS) is 11.1. The minimum absolute atomic E-state index is 0.0481. The quantitative estimate of drug-likeness (QED) is 0.786. The molecular weight excluding hydrogens is 230 g/mol. The molecule has 0 radical (unpaired) electrons. The lowest BCUT2D eigenvalue weighted by molar-refractivity contribution is -0.136. The van der Waals surface area contributed by atoms with E-state index in [9.17, 15) is 9.59 Å². The lowest BCUT2D eigenvalue weighted by Gasteiger charge is -2.06. The van der Waals surface area contributed by atoms with E-state index in [4.69, 9.17) is 5.11 Å². The van der Waals surface area contributed by atoms with Crippen LogP contribution < -0.4 is 5.32 Å². The van der Waals surface area contributed by atoms with E-state index in [1.807, 2.05) is 13.0 Å². The molecule has 4 heteroatoms. The molecular formula is C14H17NO3. The van der Waals surface area contributed by atoms with Gasteiger partial charge in [0.05, 0.1) is 6.42 Å². The Morgan fingerprint density at radius 3 is 2.72 bits per heavy atom. The van der Waals surface area contributed by atoms with Crippen molar-refractivity contribution >= 4 is 17.6 Å². The number of nitrogens with one attached hydrogen (secondary N) is 1. The molecule has 0 saturated heterocycles. The first-order valence-electron chi connectivity index (χ1n) is 5.81. The molecule has 2 N–H and O–H groups in total. The summed E-state index contributed by atoms with van der Waals surface area (Å²) in [5.74, 6) is -1.05. The molecule has 1 aromatic carbocycles. The van der Waals surface area contributed by atoms with Gasteiger partial charge in [-0.05, 0) is 31.0 Å². The summed E-state index contributed by atoms with van der Waals surface area (Å²) in [7, 11) is 0. The molecule has 0 fully saturated rings. The minimum Gasteiger partial charge on any atom is -0.481 e. The van der Waals surface area contributed by atoms with Crippen LogP contribution >= 0.6 is 0 Å². The molecule has 1 aromatic rings. The van der Waals surface area contributed by atoms with Gasteiger partial charge >= 0.3 is 5.97 Å². The van der Waals surface area contributed by atoms with Gasteiger partial charge in [-0.1, -0.05) is 25.1 Å². The van der Waals surface area contributed by atoms with E-state index in [-0.39, 0.29) is 12.3 Å². The highest BCUT2D eigenvalue weighted by Gasteiger charge is 2.06. The second-order valence-corrected chi connectivity index (χ2v) is 4.02. The van der Waals surface area contributed by atoms with E-state index in [0.29, 0.717) is 16.8 Å². The number of aliphatic carboxylic acids is 1. The molecule has 4 nitrogen and oxygen atoms in total. The van der Waals surface area contributed by atoms with Crippen molar-refractivity contribution in [2.75, 3.05) is 5.32 Å².